The molecule has 1 aromatic carbocycles. The maximum atomic E-state index is 13.1. The first kappa shape index (κ1) is 18.8. The van der Waals surface area contributed by atoms with Crippen molar-refractivity contribution in [1.82, 2.24) is 14.4 Å². The summed E-state index contributed by atoms with van der Waals surface area (Å²) in [6.45, 7) is 3.71. The van der Waals surface area contributed by atoms with E-state index in [1.54, 1.807) is 37.5 Å². The Morgan fingerprint density at radius 2 is 1.90 bits per heavy atom. The SMILES string of the molecule is Cc1ccc(C=Cc2nc3sc(C(=O)O)c(-c4cccnc4)n3c(=O)c2C)cc1. The lowest BCUT2D eigenvalue weighted by atomic mass is 10.1. The molecule has 0 fully saturated rings. The molecule has 0 aliphatic heterocycles. The summed E-state index contributed by atoms with van der Waals surface area (Å²) in [5.74, 6) is -1.10. The zero-order chi connectivity index (χ0) is 20.5. The van der Waals surface area contributed by atoms with E-state index in [4.69, 9.17) is 0 Å². The fourth-order valence-electron chi connectivity index (χ4n) is 3.03. The van der Waals surface area contributed by atoms with Gasteiger partial charge in [-0.2, -0.15) is 0 Å². The summed E-state index contributed by atoms with van der Waals surface area (Å²) in [7, 11) is 0. The van der Waals surface area contributed by atoms with Crippen LogP contribution in [0.25, 0.3) is 28.4 Å². The number of benzene rings is 1. The van der Waals surface area contributed by atoms with Gasteiger partial charge < -0.3 is 5.11 Å². The second kappa shape index (κ2) is 7.44. The smallest absolute Gasteiger partial charge is 0.348 e. The van der Waals surface area contributed by atoms with Gasteiger partial charge in [-0.25, -0.2) is 14.2 Å². The molecule has 3 heterocycles. The Bertz CT molecular complexity index is 1300. The number of carbonyl (C=O) groups is 1. The van der Waals surface area contributed by atoms with Crippen molar-refractivity contribution >= 4 is 34.4 Å². The molecule has 7 heteroatoms. The molecule has 0 radical (unpaired) electrons. The maximum Gasteiger partial charge on any atom is 0.348 e. The Balaban J connectivity index is 1.91. The Morgan fingerprint density at radius 3 is 2.55 bits per heavy atom. The standard InChI is InChI=1S/C22H17N3O3S/c1-13-5-7-15(8-6-13)9-10-17-14(2)20(26)25-18(16-4-3-11-23-12-16)19(21(27)28)29-22(25)24-17/h3-12H,1-2H3,(H,27,28). The van der Waals surface area contributed by atoms with Gasteiger partial charge in [0.05, 0.1) is 11.4 Å². The molecule has 0 spiro atoms. The molecular weight excluding hydrogens is 386 g/mol. The number of aryl methyl sites for hydroxylation is 1. The molecule has 0 bridgehead atoms. The second-order valence-electron chi connectivity index (χ2n) is 6.62. The summed E-state index contributed by atoms with van der Waals surface area (Å²) in [6, 6.07) is 11.4. The number of aromatic nitrogens is 3. The molecule has 0 aliphatic rings. The normalized spacial score (nSPS) is 11.4. The molecule has 4 aromatic rings. The number of pyridine rings is 1. The van der Waals surface area contributed by atoms with Crippen molar-refractivity contribution < 1.29 is 9.90 Å². The summed E-state index contributed by atoms with van der Waals surface area (Å²) in [6.07, 6.45) is 6.81. The van der Waals surface area contributed by atoms with Gasteiger partial charge in [-0.1, -0.05) is 47.2 Å². The van der Waals surface area contributed by atoms with E-state index in [1.165, 1.54) is 9.96 Å². The number of fused-ring (bicyclic) bond motifs is 1. The summed E-state index contributed by atoms with van der Waals surface area (Å²) >= 11 is 0.978. The van der Waals surface area contributed by atoms with Gasteiger partial charge in [0.15, 0.2) is 4.96 Å². The van der Waals surface area contributed by atoms with Gasteiger partial charge in [0.25, 0.3) is 5.56 Å². The van der Waals surface area contributed by atoms with Crippen LogP contribution in [-0.4, -0.2) is 25.4 Å². The highest BCUT2D eigenvalue weighted by molar-refractivity contribution is 7.19. The van der Waals surface area contributed by atoms with Crippen molar-refractivity contribution in [3.05, 3.63) is 86.4 Å². The van der Waals surface area contributed by atoms with Crippen LogP contribution in [0.15, 0.2) is 53.6 Å². The highest BCUT2D eigenvalue weighted by atomic mass is 32.1. The van der Waals surface area contributed by atoms with Crippen LogP contribution in [0.2, 0.25) is 0 Å². The van der Waals surface area contributed by atoms with E-state index >= 15 is 0 Å². The number of rotatable bonds is 4. The van der Waals surface area contributed by atoms with Crippen molar-refractivity contribution in [3.8, 4) is 11.3 Å². The molecular formula is C22H17N3O3S. The molecule has 0 saturated carbocycles. The summed E-state index contributed by atoms with van der Waals surface area (Å²) in [4.78, 5) is 33.9. The third kappa shape index (κ3) is 3.48. The zero-order valence-electron chi connectivity index (χ0n) is 15.8. The van der Waals surface area contributed by atoms with E-state index in [0.29, 0.717) is 27.5 Å². The number of carboxylic acids is 1. The van der Waals surface area contributed by atoms with E-state index < -0.39 is 5.97 Å². The van der Waals surface area contributed by atoms with E-state index in [-0.39, 0.29) is 10.4 Å². The Kier molecular flexibility index (Phi) is 4.82. The van der Waals surface area contributed by atoms with Crippen LogP contribution in [0.4, 0.5) is 0 Å². The molecule has 0 saturated heterocycles. The number of aromatic carboxylic acids is 1. The van der Waals surface area contributed by atoms with E-state index in [9.17, 15) is 14.7 Å². The molecule has 0 unspecified atom stereocenters. The zero-order valence-corrected chi connectivity index (χ0v) is 16.6. The molecule has 6 nitrogen and oxygen atoms in total. The molecule has 0 atom stereocenters. The number of hydrogen-bond acceptors (Lipinski definition) is 5. The van der Waals surface area contributed by atoms with Crippen LogP contribution in [0.3, 0.4) is 0 Å². The van der Waals surface area contributed by atoms with Crippen molar-refractivity contribution in [2.24, 2.45) is 0 Å². The molecule has 1 N–H and O–H groups in total. The Hall–Kier alpha value is -3.58. The average Bonchev–Trinajstić information content (AvgIpc) is 3.11. The first-order valence-electron chi connectivity index (χ1n) is 8.90. The van der Waals surface area contributed by atoms with E-state index in [0.717, 1.165) is 16.9 Å². The lowest BCUT2D eigenvalue weighted by Crippen LogP contribution is -2.19. The fraction of sp³-hybridized carbons (Fsp3) is 0.0909. The monoisotopic (exact) mass is 403 g/mol. The minimum absolute atomic E-state index is 0.0571. The van der Waals surface area contributed by atoms with Crippen molar-refractivity contribution in [3.63, 3.8) is 0 Å². The summed E-state index contributed by atoms with van der Waals surface area (Å²) in [5.41, 5.74) is 3.70. The lowest BCUT2D eigenvalue weighted by molar-refractivity contribution is 0.0702. The van der Waals surface area contributed by atoms with Crippen LogP contribution in [0.5, 0.6) is 0 Å². The van der Waals surface area contributed by atoms with Crippen molar-refractivity contribution in [1.29, 1.82) is 0 Å². The number of nitrogens with zero attached hydrogens (tertiary/aromatic N) is 3. The van der Waals surface area contributed by atoms with Crippen LogP contribution in [0, 0.1) is 13.8 Å². The van der Waals surface area contributed by atoms with Crippen molar-refractivity contribution in [2.45, 2.75) is 13.8 Å². The van der Waals surface area contributed by atoms with Gasteiger partial charge in [-0.15, -0.1) is 0 Å². The first-order chi connectivity index (χ1) is 14.0. The molecule has 0 amide bonds. The minimum atomic E-state index is -1.10. The molecule has 0 aliphatic carbocycles. The predicted octanol–water partition coefficient (Wildman–Crippen LogP) is 4.30. The summed E-state index contributed by atoms with van der Waals surface area (Å²) < 4.78 is 1.36. The Labute approximate surface area is 170 Å². The number of carboxylic acid groups (broad SMARTS) is 1. The largest absolute Gasteiger partial charge is 0.477 e. The average molecular weight is 403 g/mol. The van der Waals surface area contributed by atoms with Gasteiger partial charge in [0, 0.05) is 23.5 Å². The lowest BCUT2D eigenvalue weighted by Gasteiger charge is -2.05. The molecule has 29 heavy (non-hydrogen) atoms. The van der Waals surface area contributed by atoms with Gasteiger partial charge >= 0.3 is 5.97 Å². The quantitative estimate of drug-likeness (QED) is 0.549. The predicted molar refractivity (Wildman–Crippen MR) is 114 cm³/mol. The fourth-order valence-corrected chi connectivity index (χ4v) is 4.02. The molecule has 4 rings (SSSR count). The molecule has 3 aromatic heterocycles. The summed E-state index contributed by atoms with van der Waals surface area (Å²) in [5, 5.41) is 9.66. The maximum absolute atomic E-state index is 13.1. The van der Waals surface area contributed by atoms with Gasteiger partial charge in [0.1, 0.15) is 4.88 Å². The third-order valence-corrected chi connectivity index (χ3v) is 5.62. The highest BCUT2D eigenvalue weighted by Gasteiger charge is 2.23. The van der Waals surface area contributed by atoms with Gasteiger partial charge in [-0.3, -0.25) is 9.78 Å². The topological polar surface area (TPSA) is 84.6 Å². The van der Waals surface area contributed by atoms with Crippen LogP contribution >= 0.6 is 11.3 Å². The molecule has 144 valence electrons. The van der Waals surface area contributed by atoms with Gasteiger partial charge in [0.2, 0.25) is 0 Å². The van der Waals surface area contributed by atoms with Crippen LogP contribution < -0.4 is 5.56 Å². The first-order valence-corrected chi connectivity index (χ1v) is 9.72. The van der Waals surface area contributed by atoms with Gasteiger partial charge in [-0.05, 0) is 37.6 Å². The van der Waals surface area contributed by atoms with Crippen LogP contribution in [0.1, 0.15) is 32.1 Å². The minimum Gasteiger partial charge on any atom is -0.477 e. The van der Waals surface area contributed by atoms with E-state index in [1.807, 2.05) is 37.3 Å². The van der Waals surface area contributed by atoms with E-state index in [2.05, 4.69) is 9.97 Å². The van der Waals surface area contributed by atoms with Crippen molar-refractivity contribution in [2.75, 3.05) is 0 Å². The Morgan fingerprint density at radius 1 is 1.14 bits per heavy atom. The third-order valence-electron chi connectivity index (χ3n) is 4.59. The second-order valence-corrected chi connectivity index (χ2v) is 7.59. The van der Waals surface area contributed by atoms with Crippen LogP contribution in [-0.2, 0) is 0 Å². The highest BCUT2D eigenvalue weighted by Crippen LogP contribution is 2.30. The number of thiazole rings is 1. The number of hydrogen-bond donors (Lipinski definition) is 1.